The van der Waals surface area contributed by atoms with Gasteiger partial charge in [-0.1, -0.05) is 32.9 Å². The van der Waals surface area contributed by atoms with Crippen molar-refractivity contribution in [3.05, 3.63) is 40.4 Å². The van der Waals surface area contributed by atoms with Gasteiger partial charge in [0.1, 0.15) is 0 Å². The van der Waals surface area contributed by atoms with Crippen molar-refractivity contribution in [1.29, 1.82) is 0 Å². The van der Waals surface area contributed by atoms with Crippen molar-refractivity contribution < 1.29 is 9.53 Å². The quantitative estimate of drug-likeness (QED) is 0.829. The molecular weight excluding hydrogens is 328 g/mol. The molecule has 1 N–H and O–H groups in total. The number of hydrogen-bond acceptors (Lipinski definition) is 4. The highest BCUT2D eigenvalue weighted by Gasteiger charge is 2.33. The molecule has 1 aromatic heterocycles. The second-order valence-electron chi connectivity index (χ2n) is 8.46. The van der Waals surface area contributed by atoms with Gasteiger partial charge < -0.3 is 9.72 Å². The molecule has 3 rings (SSSR count). The number of fused-ring (bicyclic) bond motifs is 1. The molecule has 1 fully saturated rings. The van der Waals surface area contributed by atoms with Gasteiger partial charge in [-0.05, 0) is 56.1 Å². The highest BCUT2D eigenvalue weighted by molar-refractivity contribution is 5.77. The fourth-order valence-electron chi connectivity index (χ4n) is 3.82. The van der Waals surface area contributed by atoms with Crippen molar-refractivity contribution in [3.63, 3.8) is 0 Å². The molecule has 1 aromatic carbocycles. The van der Waals surface area contributed by atoms with Crippen LogP contribution in [0, 0.1) is 17.3 Å². The van der Waals surface area contributed by atoms with Gasteiger partial charge in [0.15, 0.2) is 11.9 Å². The first-order chi connectivity index (χ1) is 12.3. The molecule has 0 bridgehead atoms. The van der Waals surface area contributed by atoms with E-state index in [0.29, 0.717) is 22.6 Å². The van der Waals surface area contributed by atoms with Gasteiger partial charge in [-0.15, -0.1) is 0 Å². The first-order valence-corrected chi connectivity index (χ1v) is 9.45. The van der Waals surface area contributed by atoms with E-state index >= 15 is 0 Å². The van der Waals surface area contributed by atoms with Crippen LogP contribution in [-0.2, 0) is 9.53 Å². The number of nitrogens with one attached hydrogen (secondary N) is 1. The number of carbonyl (C=O) groups excluding carboxylic acids is 1. The van der Waals surface area contributed by atoms with E-state index < -0.39 is 6.10 Å². The first kappa shape index (κ1) is 18.6. The summed E-state index contributed by atoms with van der Waals surface area (Å²) in [5, 5.41) is 0.537. The average Bonchev–Trinajstić information content (AvgIpc) is 2.61. The van der Waals surface area contributed by atoms with Crippen LogP contribution in [0.5, 0.6) is 0 Å². The molecular formula is C21H28N2O3. The van der Waals surface area contributed by atoms with E-state index in [2.05, 4.69) is 30.7 Å². The first-order valence-electron chi connectivity index (χ1n) is 9.45. The fourth-order valence-corrected chi connectivity index (χ4v) is 3.82. The van der Waals surface area contributed by atoms with Crippen LogP contribution in [0.1, 0.15) is 65.3 Å². The van der Waals surface area contributed by atoms with Gasteiger partial charge in [-0.3, -0.25) is 9.59 Å². The second kappa shape index (κ2) is 7.22. The van der Waals surface area contributed by atoms with E-state index in [9.17, 15) is 9.59 Å². The largest absolute Gasteiger partial charge is 0.454 e. The lowest BCUT2D eigenvalue weighted by Crippen LogP contribution is -2.30. The monoisotopic (exact) mass is 356 g/mol. The maximum atomic E-state index is 12.5. The zero-order valence-corrected chi connectivity index (χ0v) is 16.0. The molecule has 0 unspecified atom stereocenters. The highest BCUT2D eigenvalue weighted by Crippen LogP contribution is 2.40. The summed E-state index contributed by atoms with van der Waals surface area (Å²) >= 11 is 0. The minimum absolute atomic E-state index is 0.0526. The summed E-state index contributed by atoms with van der Waals surface area (Å²) in [5.41, 5.74) is 0.690. The van der Waals surface area contributed by atoms with Crippen molar-refractivity contribution in [1.82, 2.24) is 9.97 Å². The molecule has 1 heterocycles. The van der Waals surface area contributed by atoms with Crippen LogP contribution in [0.15, 0.2) is 29.1 Å². The Morgan fingerprint density at radius 3 is 2.50 bits per heavy atom. The maximum absolute atomic E-state index is 12.5. The summed E-state index contributed by atoms with van der Waals surface area (Å²) in [4.78, 5) is 31.9. The Balaban J connectivity index is 1.66. The smallest absolute Gasteiger partial charge is 0.309 e. The van der Waals surface area contributed by atoms with Crippen LogP contribution < -0.4 is 5.56 Å². The summed E-state index contributed by atoms with van der Waals surface area (Å²) in [7, 11) is 0. The summed E-state index contributed by atoms with van der Waals surface area (Å²) in [6.07, 6.45) is 3.29. The van der Waals surface area contributed by atoms with Crippen molar-refractivity contribution in [2.75, 3.05) is 0 Å². The second-order valence-corrected chi connectivity index (χ2v) is 8.46. The molecule has 1 aliphatic carbocycles. The van der Waals surface area contributed by atoms with E-state index in [4.69, 9.17) is 4.74 Å². The van der Waals surface area contributed by atoms with Crippen LogP contribution in [0.3, 0.4) is 0 Å². The van der Waals surface area contributed by atoms with Crippen molar-refractivity contribution >= 4 is 16.9 Å². The average molecular weight is 356 g/mol. The molecule has 2 aromatic rings. The summed E-state index contributed by atoms with van der Waals surface area (Å²) < 4.78 is 5.63. The molecule has 0 saturated heterocycles. The number of H-pyrrole nitrogens is 1. The van der Waals surface area contributed by atoms with E-state index in [-0.39, 0.29) is 22.9 Å². The number of carbonyl (C=O) groups is 1. The number of para-hydroxylation sites is 1. The summed E-state index contributed by atoms with van der Waals surface area (Å²) in [6, 6.07) is 7.16. The van der Waals surface area contributed by atoms with Gasteiger partial charge in [0.2, 0.25) is 0 Å². The third-order valence-electron chi connectivity index (χ3n) is 5.59. The lowest BCUT2D eigenvalue weighted by molar-refractivity contribution is -0.155. The third-order valence-corrected chi connectivity index (χ3v) is 5.59. The van der Waals surface area contributed by atoms with Crippen LogP contribution in [0.4, 0.5) is 0 Å². The third kappa shape index (κ3) is 3.97. The van der Waals surface area contributed by atoms with Crippen LogP contribution in [0.25, 0.3) is 10.9 Å². The van der Waals surface area contributed by atoms with Crippen molar-refractivity contribution in [2.45, 2.75) is 59.5 Å². The minimum atomic E-state index is -0.569. The Bertz CT molecular complexity index is 842. The van der Waals surface area contributed by atoms with Gasteiger partial charge in [0.05, 0.1) is 16.8 Å². The van der Waals surface area contributed by atoms with Gasteiger partial charge in [0.25, 0.3) is 5.56 Å². The Hall–Kier alpha value is -2.17. The summed E-state index contributed by atoms with van der Waals surface area (Å²) in [5.74, 6) is 0.816. The zero-order chi connectivity index (χ0) is 18.9. The molecule has 1 aliphatic rings. The van der Waals surface area contributed by atoms with Gasteiger partial charge in [-0.2, -0.15) is 0 Å². The van der Waals surface area contributed by atoms with Gasteiger partial charge in [0, 0.05) is 0 Å². The number of rotatable bonds is 3. The number of benzene rings is 1. The number of esters is 1. The van der Waals surface area contributed by atoms with Crippen LogP contribution in [0.2, 0.25) is 0 Å². The van der Waals surface area contributed by atoms with E-state index in [1.807, 2.05) is 6.07 Å². The topological polar surface area (TPSA) is 72.0 Å². The molecule has 0 amide bonds. The Kier molecular flexibility index (Phi) is 5.17. The maximum Gasteiger partial charge on any atom is 0.309 e. The fraction of sp³-hybridized carbons (Fsp3) is 0.571. The highest BCUT2D eigenvalue weighted by atomic mass is 16.5. The predicted octanol–water partition coefficient (Wildman–Crippen LogP) is 4.38. The van der Waals surface area contributed by atoms with Gasteiger partial charge >= 0.3 is 5.97 Å². The molecule has 0 spiro atoms. The number of aromatic amines is 1. The minimum Gasteiger partial charge on any atom is -0.454 e. The molecule has 5 nitrogen and oxygen atoms in total. The molecule has 140 valence electrons. The lowest BCUT2D eigenvalue weighted by atomic mass is 9.70. The number of aromatic nitrogens is 2. The van der Waals surface area contributed by atoms with Crippen LogP contribution >= 0.6 is 0 Å². The molecule has 0 radical (unpaired) electrons. The van der Waals surface area contributed by atoms with E-state index in [1.165, 1.54) is 0 Å². The summed E-state index contributed by atoms with van der Waals surface area (Å²) in [6.45, 7) is 8.55. The predicted molar refractivity (Wildman–Crippen MR) is 102 cm³/mol. The molecule has 0 aliphatic heterocycles. The van der Waals surface area contributed by atoms with Crippen molar-refractivity contribution in [3.8, 4) is 0 Å². The lowest BCUT2D eigenvalue weighted by Gasteiger charge is -2.36. The normalized spacial score (nSPS) is 22.2. The van der Waals surface area contributed by atoms with Crippen molar-refractivity contribution in [2.24, 2.45) is 17.3 Å². The van der Waals surface area contributed by atoms with E-state index in [0.717, 1.165) is 25.7 Å². The molecule has 5 heteroatoms. The molecule has 26 heavy (non-hydrogen) atoms. The number of ether oxygens (including phenoxy) is 1. The molecule has 1 atom stereocenters. The standard InChI is InChI=1S/C21H28N2O3/c1-13(18-22-17-8-6-5-7-16(17)19(24)23-18)26-20(25)14-9-11-15(12-10-14)21(2,3)4/h5-8,13-15H,9-12H2,1-4H3,(H,22,23,24)/t13-,14?,15?/m0/s1. The molecule has 1 saturated carbocycles. The van der Waals surface area contributed by atoms with Gasteiger partial charge in [-0.25, -0.2) is 4.98 Å². The number of hydrogen-bond donors (Lipinski definition) is 1. The van der Waals surface area contributed by atoms with Crippen LogP contribution in [-0.4, -0.2) is 15.9 Å². The van der Waals surface area contributed by atoms with E-state index in [1.54, 1.807) is 25.1 Å². The Morgan fingerprint density at radius 2 is 1.85 bits per heavy atom. The Morgan fingerprint density at radius 1 is 1.19 bits per heavy atom. The zero-order valence-electron chi connectivity index (χ0n) is 16.0. The Labute approximate surface area is 154 Å². The number of nitrogens with zero attached hydrogens (tertiary/aromatic N) is 1. The SMILES string of the molecule is C[C@H](OC(=O)C1CCC(C(C)(C)C)CC1)c1nc2ccccc2c(=O)[nH]1.